The van der Waals surface area contributed by atoms with E-state index in [2.05, 4.69) is 15.9 Å². The van der Waals surface area contributed by atoms with Crippen LogP contribution in [-0.2, 0) is 10.0 Å². The number of hydrogen-bond donors (Lipinski definition) is 1. The minimum absolute atomic E-state index is 0.0497. The second-order valence-electron chi connectivity index (χ2n) is 3.81. The highest BCUT2D eigenvalue weighted by atomic mass is 79.9. The predicted octanol–water partition coefficient (Wildman–Crippen LogP) is 2.59. The first-order chi connectivity index (χ1) is 8.34. The SMILES string of the molecule is CCCN(CC)S(=O)(=O)c1cc(N)cc(Br)c1F. The Bertz CT molecular complexity index is 534. The van der Waals surface area contributed by atoms with E-state index in [0.29, 0.717) is 19.5 Å². The molecule has 0 saturated heterocycles. The zero-order valence-corrected chi connectivity index (χ0v) is 12.7. The van der Waals surface area contributed by atoms with Crippen molar-refractivity contribution in [3.63, 3.8) is 0 Å². The second kappa shape index (κ2) is 5.99. The van der Waals surface area contributed by atoms with E-state index in [0.717, 1.165) is 6.07 Å². The summed E-state index contributed by atoms with van der Waals surface area (Å²) in [4.78, 5) is -0.385. The molecule has 0 radical (unpaired) electrons. The van der Waals surface area contributed by atoms with Gasteiger partial charge in [-0.15, -0.1) is 0 Å². The Morgan fingerprint density at radius 2 is 2.00 bits per heavy atom. The Hall–Kier alpha value is -0.660. The third kappa shape index (κ3) is 3.02. The van der Waals surface area contributed by atoms with Gasteiger partial charge in [0.25, 0.3) is 0 Å². The second-order valence-corrected chi connectivity index (χ2v) is 6.57. The molecular weight excluding hydrogens is 323 g/mol. The van der Waals surface area contributed by atoms with Crippen LogP contribution in [0, 0.1) is 5.82 Å². The average molecular weight is 339 g/mol. The van der Waals surface area contributed by atoms with Crippen LogP contribution in [0.3, 0.4) is 0 Å². The number of halogens is 2. The van der Waals surface area contributed by atoms with Crippen LogP contribution >= 0.6 is 15.9 Å². The van der Waals surface area contributed by atoms with Crippen molar-refractivity contribution in [1.82, 2.24) is 4.31 Å². The summed E-state index contributed by atoms with van der Waals surface area (Å²) >= 11 is 2.96. The first kappa shape index (κ1) is 15.4. The molecule has 18 heavy (non-hydrogen) atoms. The van der Waals surface area contributed by atoms with E-state index >= 15 is 0 Å². The minimum atomic E-state index is -3.84. The monoisotopic (exact) mass is 338 g/mol. The largest absolute Gasteiger partial charge is 0.399 e. The smallest absolute Gasteiger partial charge is 0.246 e. The molecule has 0 fully saturated rings. The standard InChI is InChI=1S/C11H16BrFN2O2S/c1-3-5-15(4-2)18(16,17)10-7-8(14)6-9(12)11(10)13/h6-7H,3-5,14H2,1-2H3. The molecule has 0 unspecified atom stereocenters. The van der Waals surface area contributed by atoms with Crippen LogP contribution in [0.25, 0.3) is 0 Å². The number of nitrogens with two attached hydrogens (primary N) is 1. The highest BCUT2D eigenvalue weighted by Crippen LogP contribution is 2.28. The van der Waals surface area contributed by atoms with E-state index in [1.54, 1.807) is 6.92 Å². The maximum absolute atomic E-state index is 13.9. The Morgan fingerprint density at radius 3 is 2.50 bits per heavy atom. The average Bonchev–Trinajstić information content (AvgIpc) is 2.30. The number of anilines is 1. The van der Waals surface area contributed by atoms with Gasteiger partial charge in [-0.1, -0.05) is 13.8 Å². The molecule has 0 heterocycles. The molecule has 2 N–H and O–H groups in total. The Balaban J connectivity index is 3.36. The Morgan fingerprint density at radius 1 is 1.39 bits per heavy atom. The van der Waals surface area contributed by atoms with E-state index in [4.69, 9.17) is 5.73 Å². The normalized spacial score (nSPS) is 12.1. The van der Waals surface area contributed by atoms with Gasteiger partial charge in [0.05, 0.1) is 4.47 Å². The molecule has 0 spiro atoms. The van der Waals surface area contributed by atoms with Crippen molar-refractivity contribution < 1.29 is 12.8 Å². The van der Waals surface area contributed by atoms with Gasteiger partial charge < -0.3 is 5.73 Å². The van der Waals surface area contributed by atoms with E-state index in [9.17, 15) is 12.8 Å². The molecule has 0 aromatic heterocycles. The molecule has 0 aliphatic heterocycles. The lowest BCUT2D eigenvalue weighted by molar-refractivity contribution is 0.422. The lowest BCUT2D eigenvalue weighted by atomic mass is 10.3. The maximum atomic E-state index is 13.9. The van der Waals surface area contributed by atoms with Crippen molar-refractivity contribution >= 4 is 31.6 Å². The summed E-state index contributed by atoms with van der Waals surface area (Å²) in [5.74, 6) is -0.807. The molecule has 102 valence electrons. The van der Waals surface area contributed by atoms with Crippen molar-refractivity contribution in [3.05, 3.63) is 22.4 Å². The Labute approximate surface area is 115 Å². The summed E-state index contributed by atoms with van der Waals surface area (Å²) in [5, 5.41) is 0. The van der Waals surface area contributed by atoms with Crippen LogP contribution < -0.4 is 5.73 Å². The van der Waals surface area contributed by atoms with Crippen LogP contribution in [-0.4, -0.2) is 25.8 Å². The molecule has 4 nitrogen and oxygen atoms in total. The van der Waals surface area contributed by atoms with Crippen molar-refractivity contribution in [2.75, 3.05) is 18.8 Å². The van der Waals surface area contributed by atoms with Gasteiger partial charge in [0.2, 0.25) is 10.0 Å². The van der Waals surface area contributed by atoms with E-state index < -0.39 is 15.8 Å². The van der Waals surface area contributed by atoms with Crippen molar-refractivity contribution in [3.8, 4) is 0 Å². The topological polar surface area (TPSA) is 63.4 Å². The van der Waals surface area contributed by atoms with Crippen LogP contribution in [0.2, 0.25) is 0 Å². The van der Waals surface area contributed by atoms with Gasteiger partial charge in [0.15, 0.2) is 5.82 Å². The van der Waals surface area contributed by atoms with Crippen LogP contribution in [0.1, 0.15) is 20.3 Å². The fraction of sp³-hybridized carbons (Fsp3) is 0.455. The van der Waals surface area contributed by atoms with Gasteiger partial charge in [0.1, 0.15) is 4.90 Å². The first-order valence-corrected chi connectivity index (χ1v) is 7.82. The summed E-state index contributed by atoms with van der Waals surface area (Å²) in [6, 6.07) is 2.48. The lowest BCUT2D eigenvalue weighted by Gasteiger charge is -2.20. The number of sulfonamides is 1. The number of hydrogen-bond acceptors (Lipinski definition) is 3. The summed E-state index contributed by atoms with van der Waals surface area (Å²) in [7, 11) is -3.84. The molecule has 1 aromatic rings. The molecule has 0 saturated carbocycles. The maximum Gasteiger partial charge on any atom is 0.246 e. The first-order valence-electron chi connectivity index (χ1n) is 5.59. The van der Waals surface area contributed by atoms with Crippen molar-refractivity contribution in [2.24, 2.45) is 0 Å². The third-order valence-corrected chi connectivity index (χ3v) is 5.01. The summed E-state index contributed by atoms with van der Waals surface area (Å²) < 4.78 is 39.8. The summed E-state index contributed by atoms with van der Waals surface area (Å²) in [6.07, 6.45) is 0.665. The van der Waals surface area contributed by atoms with Gasteiger partial charge in [-0.25, -0.2) is 12.8 Å². The molecule has 0 atom stereocenters. The number of nitrogens with zero attached hydrogens (tertiary/aromatic N) is 1. The molecule has 0 bridgehead atoms. The third-order valence-electron chi connectivity index (χ3n) is 2.46. The van der Waals surface area contributed by atoms with E-state index in [-0.39, 0.29) is 15.1 Å². The molecule has 7 heteroatoms. The van der Waals surface area contributed by atoms with Gasteiger partial charge >= 0.3 is 0 Å². The summed E-state index contributed by atoms with van der Waals surface area (Å²) in [5.41, 5.74) is 5.76. The highest BCUT2D eigenvalue weighted by Gasteiger charge is 2.27. The fourth-order valence-electron chi connectivity index (χ4n) is 1.61. The zero-order chi connectivity index (χ0) is 13.9. The molecule has 0 aliphatic carbocycles. The zero-order valence-electron chi connectivity index (χ0n) is 10.3. The number of nitrogen functional groups attached to an aromatic ring is 1. The van der Waals surface area contributed by atoms with Crippen molar-refractivity contribution in [2.45, 2.75) is 25.2 Å². The Kier molecular flexibility index (Phi) is 5.12. The minimum Gasteiger partial charge on any atom is -0.399 e. The molecule has 1 rings (SSSR count). The van der Waals surface area contributed by atoms with Crippen LogP contribution in [0.15, 0.2) is 21.5 Å². The molecule has 1 aromatic carbocycles. The van der Waals surface area contributed by atoms with Crippen molar-refractivity contribution in [1.29, 1.82) is 0 Å². The number of benzene rings is 1. The quantitative estimate of drug-likeness (QED) is 0.839. The molecule has 0 aliphatic rings. The van der Waals surface area contributed by atoms with Crippen LogP contribution in [0.4, 0.5) is 10.1 Å². The fourth-order valence-corrected chi connectivity index (χ4v) is 3.88. The summed E-state index contributed by atoms with van der Waals surface area (Å²) in [6.45, 7) is 4.23. The van der Waals surface area contributed by atoms with Crippen LogP contribution in [0.5, 0.6) is 0 Å². The van der Waals surface area contributed by atoms with Gasteiger partial charge in [-0.2, -0.15) is 4.31 Å². The van der Waals surface area contributed by atoms with E-state index in [1.807, 2.05) is 6.92 Å². The lowest BCUT2D eigenvalue weighted by Crippen LogP contribution is -2.32. The number of rotatable bonds is 5. The highest BCUT2D eigenvalue weighted by molar-refractivity contribution is 9.10. The van der Waals surface area contributed by atoms with E-state index in [1.165, 1.54) is 10.4 Å². The molecule has 0 amide bonds. The molecular formula is C11H16BrFN2O2S. The predicted molar refractivity (Wildman–Crippen MR) is 73.2 cm³/mol. The van der Waals surface area contributed by atoms with Gasteiger partial charge in [0, 0.05) is 18.8 Å². The van der Waals surface area contributed by atoms with Gasteiger partial charge in [-0.3, -0.25) is 0 Å². The van der Waals surface area contributed by atoms with Gasteiger partial charge in [-0.05, 0) is 34.5 Å².